The smallest absolute Gasteiger partial charge is 0.190 e. The number of nitrogens with two attached hydrogens (primary N) is 1. The van der Waals surface area contributed by atoms with Crippen LogP contribution in [0.3, 0.4) is 0 Å². The SMILES string of the molecule is CCSc1nnc([C@@H](N)Cc2ccccc2)n1C. The summed E-state index contributed by atoms with van der Waals surface area (Å²) in [5.74, 6) is 1.83. The molecule has 0 amide bonds. The summed E-state index contributed by atoms with van der Waals surface area (Å²) in [6, 6.07) is 10.1. The Kier molecular flexibility index (Phi) is 4.38. The molecule has 0 bridgehead atoms. The Hall–Kier alpha value is -1.33. The Morgan fingerprint density at radius 1 is 1.28 bits per heavy atom. The van der Waals surface area contributed by atoms with Gasteiger partial charge in [0.2, 0.25) is 0 Å². The number of benzene rings is 1. The molecular weight excluding hydrogens is 244 g/mol. The van der Waals surface area contributed by atoms with Crippen molar-refractivity contribution in [1.29, 1.82) is 0 Å². The van der Waals surface area contributed by atoms with Gasteiger partial charge in [-0.3, -0.25) is 0 Å². The van der Waals surface area contributed by atoms with E-state index in [0.717, 1.165) is 23.2 Å². The van der Waals surface area contributed by atoms with Crippen LogP contribution < -0.4 is 5.73 Å². The van der Waals surface area contributed by atoms with Crippen LogP contribution in [0.15, 0.2) is 35.5 Å². The number of hydrogen-bond donors (Lipinski definition) is 1. The minimum absolute atomic E-state index is 0.115. The first-order valence-corrected chi connectivity index (χ1v) is 7.02. The van der Waals surface area contributed by atoms with Crippen molar-refractivity contribution in [2.45, 2.75) is 24.5 Å². The lowest BCUT2D eigenvalue weighted by atomic mass is 10.1. The fourth-order valence-corrected chi connectivity index (χ4v) is 2.51. The number of nitrogens with zero attached hydrogens (tertiary/aromatic N) is 3. The molecule has 1 heterocycles. The third-order valence-electron chi connectivity index (χ3n) is 2.77. The summed E-state index contributed by atoms with van der Waals surface area (Å²) in [6.45, 7) is 2.10. The van der Waals surface area contributed by atoms with E-state index >= 15 is 0 Å². The van der Waals surface area contributed by atoms with Crippen molar-refractivity contribution in [2.24, 2.45) is 12.8 Å². The first-order valence-electron chi connectivity index (χ1n) is 6.04. The number of thioether (sulfide) groups is 1. The van der Waals surface area contributed by atoms with E-state index in [1.54, 1.807) is 11.8 Å². The van der Waals surface area contributed by atoms with Gasteiger partial charge in [-0.25, -0.2) is 0 Å². The minimum Gasteiger partial charge on any atom is -0.321 e. The fourth-order valence-electron chi connectivity index (χ4n) is 1.86. The van der Waals surface area contributed by atoms with Crippen molar-refractivity contribution in [1.82, 2.24) is 14.8 Å². The second-order valence-electron chi connectivity index (χ2n) is 4.13. The van der Waals surface area contributed by atoms with E-state index in [4.69, 9.17) is 5.73 Å². The van der Waals surface area contributed by atoms with Gasteiger partial charge in [-0.05, 0) is 17.7 Å². The van der Waals surface area contributed by atoms with Crippen LogP contribution in [0.25, 0.3) is 0 Å². The van der Waals surface area contributed by atoms with Gasteiger partial charge in [0.1, 0.15) is 0 Å². The maximum absolute atomic E-state index is 6.20. The third kappa shape index (κ3) is 2.91. The second kappa shape index (κ2) is 6.02. The molecule has 2 aromatic rings. The number of hydrogen-bond acceptors (Lipinski definition) is 4. The maximum Gasteiger partial charge on any atom is 0.190 e. The van der Waals surface area contributed by atoms with Gasteiger partial charge >= 0.3 is 0 Å². The van der Waals surface area contributed by atoms with Crippen molar-refractivity contribution < 1.29 is 0 Å². The van der Waals surface area contributed by atoms with Gasteiger partial charge in [-0.15, -0.1) is 10.2 Å². The molecule has 0 radical (unpaired) electrons. The molecule has 1 atom stereocenters. The molecular formula is C13H18N4S. The molecule has 96 valence electrons. The van der Waals surface area contributed by atoms with Gasteiger partial charge in [0.05, 0.1) is 6.04 Å². The van der Waals surface area contributed by atoms with E-state index in [0.29, 0.717) is 0 Å². The topological polar surface area (TPSA) is 56.7 Å². The molecule has 0 aliphatic heterocycles. The monoisotopic (exact) mass is 262 g/mol. The van der Waals surface area contributed by atoms with E-state index in [1.807, 2.05) is 29.8 Å². The Balaban J connectivity index is 2.11. The van der Waals surface area contributed by atoms with Gasteiger partial charge in [-0.2, -0.15) is 0 Å². The Morgan fingerprint density at radius 2 is 2.00 bits per heavy atom. The normalized spacial score (nSPS) is 12.6. The third-order valence-corrected chi connectivity index (χ3v) is 3.67. The maximum atomic E-state index is 6.20. The van der Waals surface area contributed by atoms with Crippen molar-refractivity contribution in [3.05, 3.63) is 41.7 Å². The molecule has 18 heavy (non-hydrogen) atoms. The van der Waals surface area contributed by atoms with E-state index in [9.17, 15) is 0 Å². The van der Waals surface area contributed by atoms with Crippen molar-refractivity contribution in [3.8, 4) is 0 Å². The lowest BCUT2D eigenvalue weighted by molar-refractivity contribution is 0.616. The quantitative estimate of drug-likeness (QED) is 0.839. The van der Waals surface area contributed by atoms with Gasteiger partial charge in [-0.1, -0.05) is 49.0 Å². The van der Waals surface area contributed by atoms with E-state index in [1.165, 1.54) is 5.56 Å². The van der Waals surface area contributed by atoms with Crippen LogP contribution in [-0.2, 0) is 13.5 Å². The molecule has 2 rings (SSSR count). The zero-order chi connectivity index (χ0) is 13.0. The lowest BCUT2D eigenvalue weighted by Gasteiger charge is -2.11. The molecule has 1 aromatic carbocycles. The minimum atomic E-state index is -0.115. The Labute approximate surface area is 112 Å². The van der Waals surface area contributed by atoms with Crippen LogP contribution in [0.1, 0.15) is 24.4 Å². The molecule has 4 nitrogen and oxygen atoms in total. The number of aromatic nitrogens is 3. The largest absolute Gasteiger partial charge is 0.321 e. The van der Waals surface area contributed by atoms with Crippen LogP contribution in [0.2, 0.25) is 0 Å². The van der Waals surface area contributed by atoms with Gasteiger partial charge in [0.15, 0.2) is 11.0 Å². The summed E-state index contributed by atoms with van der Waals surface area (Å²) in [4.78, 5) is 0. The number of rotatable bonds is 5. The van der Waals surface area contributed by atoms with Crippen molar-refractivity contribution >= 4 is 11.8 Å². The standard InChI is InChI=1S/C13H18N4S/c1-3-18-13-16-15-12(17(13)2)11(14)9-10-7-5-4-6-8-10/h4-8,11H,3,9,14H2,1-2H3/t11-/m0/s1. The summed E-state index contributed by atoms with van der Waals surface area (Å²) in [6.07, 6.45) is 0.781. The molecule has 1 aromatic heterocycles. The summed E-state index contributed by atoms with van der Waals surface area (Å²) in [5.41, 5.74) is 7.42. The summed E-state index contributed by atoms with van der Waals surface area (Å²) >= 11 is 1.68. The highest BCUT2D eigenvalue weighted by molar-refractivity contribution is 7.99. The van der Waals surface area contributed by atoms with Crippen molar-refractivity contribution in [3.63, 3.8) is 0 Å². The van der Waals surface area contributed by atoms with Crippen molar-refractivity contribution in [2.75, 3.05) is 5.75 Å². The van der Waals surface area contributed by atoms with Crippen LogP contribution >= 0.6 is 11.8 Å². The Bertz CT molecular complexity index is 495. The van der Waals surface area contributed by atoms with Gasteiger partial charge < -0.3 is 10.3 Å². The Morgan fingerprint density at radius 3 is 2.67 bits per heavy atom. The molecule has 0 spiro atoms. The lowest BCUT2D eigenvalue weighted by Crippen LogP contribution is -2.18. The second-order valence-corrected chi connectivity index (χ2v) is 5.36. The summed E-state index contributed by atoms with van der Waals surface area (Å²) in [7, 11) is 1.97. The van der Waals surface area contributed by atoms with Gasteiger partial charge in [0, 0.05) is 7.05 Å². The van der Waals surface area contributed by atoms with Crippen LogP contribution in [0.5, 0.6) is 0 Å². The molecule has 0 aliphatic rings. The fraction of sp³-hybridized carbons (Fsp3) is 0.385. The molecule has 5 heteroatoms. The average molecular weight is 262 g/mol. The van der Waals surface area contributed by atoms with E-state index < -0.39 is 0 Å². The first-order chi connectivity index (χ1) is 8.72. The molecule has 0 saturated heterocycles. The molecule has 0 aliphatic carbocycles. The predicted octanol–water partition coefficient (Wildman–Crippen LogP) is 2.17. The zero-order valence-electron chi connectivity index (χ0n) is 10.7. The predicted molar refractivity (Wildman–Crippen MR) is 74.5 cm³/mol. The molecule has 2 N–H and O–H groups in total. The van der Waals surface area contributed by atoms with Crippen LogP contribution in [0.4, 0.5) is 0 Å². The van der Waals surface area contributed by atoms with E-state index in [2.05, 4.69) is 29.3 Å². The van der Waals surface area contributed by atoms with Crippen LogP contribution in [-0.4, -0.2) is 20.5 Å². The zero-order valence-corrected chi connectivity index (χ0v) is 11.5. The highest BCUT2D eigenvalue weighted by Crippen LogP contribution is 2.19. The molecule has 0 unspecified atom stereocenters. The highest BCUT2D eigenvalue weighted by atomic mass is 32.2. The molecule has 0 fully saturated rings. The molecule has 0 saturated carbocycles. The average Bonchev–Trinajstić information content (AvgIpc) is 2.73. The van der Waals surface area contributed by atoms with Gasteiger partial charge in [0.25, 0.3) is 0 Å². The summed E-state index contributed by atoms with van der Waals surface area (Å²) < 4.78 is 1.99. The van der Waals surface area contributed by atoms with Crippen LogP contribution in [0, 0.1) is 0 Å². The summed E-state index contributed by atoms with van der Waals surface area (Å²) in [5, 5.41) is 9.29. The highest BCUT2D eigenvalue weighted by Gasteiger charge is 2.16. The van der Waals surface area contributed by atoms with E-state index in [-0.39, 0.29) is 6.04 Å². The first kappa shape index (κ1) is 13.1.